The molecule has 2 heterocycles. The van der Waals surface area contributed by atoms with Crippen molar-refractivity contribution in [2.45, 2.75) is 19.4 Å². The van der Waals surface area contributed by atoms with Gasteiger partial charge in [-0.05, 0) is 18.4 Å². The van der Waals surface area contributed by atoms with Gasteiger partial charge in [-0.15, -0.1) is 0 Å². The number of cyclic esters (lactones) is 2. The van der Waals surface area contributed by atoms with Crippen molar-refractivity contribution in [1.82, 2.24) is 4.90 Å². The fourth-order valence-electron chi connectivity index (χ4n) is 3.97. The molecule has 0 N–H and O–H groups in total. The van der Waals surface area contributed by atoms with Crippen LogP contribution in [0.4, 0.5) is 0 Å². The third-order valence-electron chi connectivity index (χ3n) is 5.10. The van der Waals surface area contributed by atoms with Crippen LogP contribution in [0.1, 0.15) is 18.4 Å². The molecule has 0 spiro atoms. The van der Waals surface area contributed by atoms with Crippen LogP contribution in [0.3, 0.4) is 0 Å². The minimum atomic E-state index is -0.529. The summed E-state index contributed by atoms with van der Waals surface area (Å²) in [5.41, 5.74) is 0.160. The van der Waals surface area contributed by atoms with E-state index in [1.54, 1.807) is 0 Å². The molecule has 2 atom stereocenters. The molecule has 0 amide bonds. The summed E-state index contributed by atoms with van der Waals surface area (Å²) in [4.78, 5) is 26.2. The SMILES string of the molecule is O=C1OC(=O)C23CCC12CN(Cc1ccccc1)C3. The predicted molar refractivity (Wildman–Crippen MR) is 66.9 cm³/mol. The lowest BCUT2D eigenvalue weighted by molar-refractivity contribution is -0.156. The van der Waals surface area contributed by atoms with Crippen LogP contribution in [-0.4, -0.2) is 29.9 Å². The lowest BCUT2D eigenvalue weighted by Gasteiger charge is -2.42. The molecule has 1 aromatic rings. The van der Waals surface area contributed by atoms with Crippen molar-refractivity contribution >= 4 is 11.9 Å². The highest BCUT2D eigenvalue weighted by atomic mass is 16.6. The maximum Gasteiger partial charge on any atom is 0.322 e. The van der Waals surface area contributed by atoms with Gasteiger partial charge in [0, 0.05) is 19.6 Å². The molecule has 0 radical (unpaired) electrons. The Morgan fingerprint density at radius 1 is 1.00 bits per heavy atom. The minimum absolute atomic E-state index is 0.292. The normalized spacial score (nSPS) is 36.6. The first-order valence-electron chi connectivity index (χ1n) is 6.69. The molecule has 2 saturated heterocycles. The van der Waals surface area contributed by atoms with Crippen LogP contribution < -0.4 is 0 Å². The third kappa shape index (κ3) is 1.22. The maximum atomic E-state index is 12.0. The van der Waals surface area contributed by atoms with Gasteiger partial charge in [0.25, 0.3) is 0 Å². The minimum Gasteiger partial charge on any atom is -0.392 e. The third-order valence-corrected chi connectivity index (χ3v) is 5.10. The molecular formula is C15H15NO3. The van der Waals surface area contributed by atoms with Crippen molar-refractivity contribution in [2.75, 3.05) is 13.1 Å². The van der Waals surface area contributed by atoms with Gasteiger partial charge < -0.3 is 4.74 Å². The quantitative estimate of drug-likeness (QED) is 0.592. The monoisotopic (exact) mass is 257 g/mol. The van der Waals surface area contributed by atoms with Gasteiger partial charge in [0.2, 0.25) is 0 Å². The van der Waals surface area contributed by atoms with E-state index in [9.17, 15) is 9.59 Å². The second-order valence-electron chi connectivity index (χ2n) is 5.97. The van der Waals surface area contributed by atoms with Gasteiger partial charge in [-0.25, -0.2) is 0 Å². The molecule has 1 aliphatic carbocycles. The van der Waals surface area contributed by atoms with E-state index in [1.165, 1.54) is 5.56 Å². The lowest BCUT2D eigenvalue weighted by Crippen LogP contribution is -2.52. The number of hydrogen-bond acceptors (Lipinski definition) is 4. The van der Waals surface area contributed by atoms with Crippen LogP contribution in [0.5, 0.6) is 0 Å². The van der Waals surface area contributed by atoms with E-state index in [2.05, 4.69) is 17.0 Å². The number of nitrogens with zero attached hydrogens (tertiary/aromatic N) is 1. The molecule has 2 unspecified atom stereocenters. The Morgan fingerprint density at radius 2 is 1.58 bits per heavy atom. The smallest absolute Gasteiger partial charge is 0.322 e. The molecule has 0 aromatic heterocycles. The summed E-state index contributed by atoms with van der Waals surface area (Å²) < 4.78 is 4.89. The molecule has 4 nitrogen and oxygen atoms in total. The summed E-state index contributed by atoms with van der Waals surface area (Å²) in [6.07, 6.45) is 1.59. The van der Waals surface area contributed by atoms with E-state index in [1.807, 2.05) is 18.2 Å². The topological polar surface area (TPSA) is 46.6 Å². The second-order valence-corrected chi connectivity index (χ2v) is 5.97. The first-order chi connectivity index (χ1) is 9.16. The molecule has 3 aliphatic rings. The number of carbonyl (C=O) groups excluding carboxylic acids is 2. The molecule has 98 valence electrons. The van der Waals surface area contributed by atoms with Gasteiger partial charge in [-0.2, -0.15) is 0 Å². The standard InChI is InChI=1S/C15H15NO3/c17-12-14-6-7-15(14,13(18)19-12)10-16(9-14)8-11-4-2-1-3-5-11/h1-5H,6-10H2. The predicted octanol–water partition coefficient (Wildman–Crippen LogP) is 1.35. The van der Waals surface area contributed by atoms with Crippen molar-refractivity contribution in [3.8, 4) is 0 Å². The maximum absolute atomic E-state index is 12.0. The fraction of sp³-hybridized carbons (Fsp3) is 0.467. The molecule has 1 aromatic carbocycles. The van der Waals surface area contributed by atoms with E-state index in [4.69, 9.17) is 4.74 Å². The van der Waals surface area contributed by atoms with Gasteiger partial charge in [0.05, 0.1) is 10.8 Å². The number of rotatable bonds is 2. The summed E-state index contributed by atoms with van der Waals surface area (Å²) >= 11 is 0. The molecule has 4 heteroatoms. The van der Waals surface area contributed by atoms with Gasteiger partial charge >= 0.3 is 11.9 Å². The summed E-state index contributed by atoms with van der Waals surface area (Å²) in [5, 5.41) is 0. The van der Waals surface area contributed by atoms with Gasteiger partial charge in [-0.3, -0.25) is 14.5 Å². The van der Waals surface area contributed by atoms with E-state index in [-0.39, 0.29) is 11.9 Å². The first kappa shape index (κ1) is 11.2. The average molecular weight is 257 g/mol. The number of esters is 2. The van der Waals surface area contributed by atoms with Crippen LogP contribution in [0.25, 0.3) is 0 Å². The van der Waals surface area contributed by atoms with Gasteiger partial charge in [0.1, 0.15) is 0 Å². The average Bonchev–Trinajstić information content (AvgIpc) is 2.67. The Kier molecular flexibility index (Phi) is 2.03. The molecule has 2 aliphatic heterocycles. The van der Waals surface area contributed by atoms with Crippen LogP contribution in [-0.2, 0) is 20.9 Å². The number of carbonyl (C=O) groups is 2. The first-order valence-corrected chi connectivity index (χ1v) is 6.69. The summed E-state index contributed by atoms with van der Waals surface area (Å²) in [6, 6.07) is 10.2. The molecular weight excluding hydrogens is 242 g/mol. The number of benzene rings is 1. The highest BCUT2D eigenvalue weighted by Crippen LogP contribution is 2.66. The summed E-state index contributed by atoms with van der Waals surface area (Å²) in [6.45, 7) is 2.11. The largest absolute Gasteiger partial charge is 0.392 e. The lowest BCUT2D eigenvalue weighted by atomic mass is 9.52. The van der Waals surface area contributed by atoms with Crippen LogP contribution in [0, 0.1) is 10.8 Å². The summed E-state index contributed by atoms with van der Waals surface area (Å²) in [7, 11) is 0. The van der Waals surface area contributed by atoms with Crippen molar-refractivity contribution in [3.63, 3.8) is 0 Å². The van der Waals surface area contributed by atoms with Crippen LogP contribution >= 0.6 is 0 Å². The van der Waals surface area contributed by atoms with Crippen LogP contribution in [0.15, 0.2) is 30.3 Å². The van der Waals surface area contributed by atoms with E-state index in [0.29, 0.717) is 13.1 Å². The molecule has 0 bridgehead atoms. The number of ether oxygens (including phenoxy) is 1. The van der Waals surface area contributed by atoms with Crippen molar-refractivity contribution < 1.29 is 14.3 Å². The fourth-order valence-corrected chi connectivity index (χ4v) is 3.97. The van der Waals surface area contributed by atoms with E-state index < -0.39 is 10.8 Å². The molecule has 1 saturated carbocycles. The summed E-state index contributed by atoms with van der Waals surface area (Å²) in [5.74, 6) is -0.585. The highest BCUT2D eigenvalue weighted by Gasteiger charge is 2.77. The zero-order chi connectivity index (χ0) is 13.1. The van der Waals surface area contributed by atoms with Crippen LogP contribution in [0.2, 0.25) is 0 Å². The number of hydrogen-bond donors (Lipinski definition) is 0. The van der Waals surface area contributed by atoms with Gasteiger partial charge in [0.15, 0.2) is 0 Å². The van der Waals surface area contributed by atoms with E-state index in [0.717, 1.165) is 19.4 Å². The van der Waals surface area contributed by atoms with Gasteiger partial charge in [-0.1, -0.05) is 30.3 Å². The molecule has 3 fully saturated rings. The van der Waals surface area contributed by atoms with Crippen molar-refractivity contribution in [1.29, 1.82) is 0 Å². The Bertz CT molecular complexity index is 540. The zero-order valence-electron chi connectivity index (χ0n) is 10.6. The van der Waals surface area contributed by atoms with Crippen molar-refractivity contribution in [3.05, 3.63) is 35.9 Å². The Morgan fingerprint density at radius 3 is 2.11 bits per heavy atom. The molecule has 19 heavy (non-hydrogen) atoms. The highest BCUT2D eigenvalue weighted by molar-refractivity contribution is 6.04. The number of likely N-dealkylation sites (tertiary alicyclic amines) is 1. The Hall–Kier alpha value is -1.68. The zero-order valence-corrected chi connectivity index (χ0v) is 10.6. The Balaban J connectivity index is 1.61. The van der Waals surface area contributed by atoms with Crippen molar-refractivity contribution in [2.24, 2.45) is 10.8 Å². The second kappa shape index (κ2) is 3.45. The Labute approximate surface area is 111 Å². The van der Waals surface area contributed by atoms with E-state index >= 15 is 0 Å². The molecule has 4 rings (SSSR count).